The van der Waals surface area contributed by atoms with Crippen LogP contribution in [-0.2, 0) is 7.05 Å². The molecule has 2 amide bonds. The van der Waals surface area contributed by atoms with E-state index in [9.17, 15) is 9.59 Å². The lowest BCUT2D eigenvalue weighted by molar-refractivity contribution is 0.0928. The number of nitrogens with one attached hydrogen (secondary N) is 2. The van der Waals surface area contributed by atoms with E-state index in [-0.39, 0.29) is 17.9 Å². The van der Waals surface area contributed by atoms with Crippen molar-refractivity contribution >= 4 is 17.6 Å². The molecule has 0 radical (unpaired) electrons. The van der Waals surface area contributed by atoms with Crippen LogP contribution in [0.4, 0.5) is 5.82 Å². The molecule has 0 bridgehead atoms. The monoisotopic (exact) mass is 342 g/mol. The highest BCUT2D eigenvalue weighted by Crippen LogP contribution is 2.18. The van der Waals surface area contributed by atoms with Crippen LogP contribution in [0.15, 0.2) is 30.6 Å². The highest BCUT2D eigenvalue weighted by molar-refractivity contribution is 5.94. The summed E-state index contributed by atoms with van der Waals surface area (Å²) >= 11 is 0. The van der Waals surface area contributed by atoms with E-state index in [0.29, 0.717) is 11.3 Å². The molecule has 0 unspecified atom stereocenters. The maximum atomic E-state index is 12.2. The number of anilines is 1. The van der Waals surface area contributed by atoms with E-state index in [4.69, 9.17) is 0 Å². The fraction of sp³-hybridized carbons (Fsp3) is 0.412. The Hall–Kier alpha value is -2.90. The predicted molar refractivity (Wildman–Crippen MR) is 93.5 cm³/mol. The third kappa shape index (κ3) is 3.96. The van der Waals surface area contributed by atoms with Gasteiger partial charge >= 0.3 is 0 Å². The molecule has 3 rings (SSSR count). The number of rotatable bonds is 4. The first-order valence-corrected chi connectivity index (χ1v) is 8.30. The zero-order valence-electron chi connectivity index (χ0n) is 14.4. The predicted octanol–water partition coefficient (Wildman–Crippen LogP) is 0.573. The molecule has 0 spiro atoms. The molecular formula is C17H22N6O2. The Morgan fingerprint density at radius 2 is 1.96 bits per heavy atom. The largest absolute Gasteiger partial charge is 0.356 e. The first-order valence-electron chi connectivity index (χ1n) is 8.30. The molecule has 2 aromatic rings. The van der Waals surface area contributed by atoms with E-state index >= 15 is 0 Å². The van der Waals surface area contributed by atoms with E-state index < -0.39 is 0 Å². The number of hydrogen-bond donors (Lipinski definition) is 2. The quantitative estimate of drug-likeness (QED) is 0.848. The second-order valence-electron chi connectivity index (χ2n) is 6.10. The molecule has 8 nitrogen and oxygen atoms in total. The van der Waals surface area contributed by atoms with Crippen LogP contribution in [0.3, 0.4) is 0 Å². The van der Waals surface area contributed by atoms with E-state index in [0.717, 1.165) is 31.7 Å². The Morgan fingerprint density at radius 3 is 2.60 bits per heavy atom. The lowest BCUT2D eigenvalue weighted by Crippen LogP contribution is -2.45. The Balaban J connectivity index is 1.57. The van der Waals surface area contributed by atoms with Crippen LogP contribution in [0.25, 0.3) is 0 Å². The minimum absolute atomic E-state index is 0.0914. The van der Waals surface area contributed by atoms with Crippen LogP contribution < -0.4 is 15.5 Å². The van der Waals surface area contributed by atoms with Crippen molar-refractivity contribution in [2.24, 2.45) is 7.05 Å². The molecule has 1 fully saturated rings. The van der Waals surface area contributed by atoms with Crippen LogP contribution in [-0.4, -0.2) is 52.8 Å². The smallest absolute Gasteiger partial charge is 0.269 e. The average Bonchev–Trinajstić information content (AvgIpc) is 3.08. The van der Waals surface area contributed by atoms with Crippen molar-refractivity contribution in [2.75, 3.05) is 25.0 Å². The molecule has 0 atom stereocenters. The second kappa shape index (κ2) is 7.33. The SMILES string of the molecule is CNC(=O)c1cccc(N2CCC(NC(=O)c3cnn(C)c3)CC2)n1. The van der Waals surface area contributed by atoms with Crippen molar-refractivity contribution in [3.05, 3.63) is 41.9 Å². The van der Waals surface area contributed by atoms with Crippen LogP contribution in [0.1, 0.15) is 33.7 Å². The van der Waals surface area contributed by atoms with Gasteiger partial charge in [0.1, 0.15) is 11.5 Å². The Kier molecular flexibility index (Phi) is 4.97. The van der Waals surface area contributed by atoms with Crippen LogP contribution in [0.2, 0.25) is 0 Å². The summed E-state index contributed by atoms with van der Waals surface area (Å²) in [6.07, 6.45) is 4.94. The molecule has 2 aromatic heterocycles. The molecule has 0 aromatic carbocycles. The number of pyridine rings is 1. The maximum absolute atomic E-state index is 12.2. The number of aromatic nitrogens is 3. The third-order valence-electron chi connectivity index (χ3n) is 4.32. The van der Waals surface area contributed by atoms with Crippen molar-refractivity contribution < 1.29 is 9.59 Å². The van der Waals surface area contributed by atoms with Gasteiger partial charge in [-0.1, -0.05) is 6.07 Å². The number of carbonyl (C=O) groups excluding carboxylic acids is 2. The fourth-order valence-electron chi connectivity index (χ4n) is 2.91. The molecule has 1 aliphatic heterocycles. The van der Waals surface area contributed by atoms with Crippen molar-refractivity contribution in [1.82, 2.24) is 25.4 Å². The first kappa shape index (κ1) is 16.9. The van der Waals surface area contributed by atoms with Crippen LogP contribution >= 0.6 is 0 Å². The van der Waals surface area contributed by atoms with Gasteiger partial charge in [-0.3, -0.25) is 14.3 Å². The third-order valence-corrected chi connectivity index (χ3v) is 4.32. The summed E-state index contributed by atoms with van der Waals surface area (Å²) in [5.41, 5.74) is 0.983. The minimum atomic E-state index is -0.194. The van der Waals surface area contributed by atoms with Crippen molar-refractivity contribution in [2.45, 2.75) is 18.9 Å². The summed E-state index contributed by atoms with van der Waals surface area (Å²) in [5, 5.41) is 9.66. The van der Waals surface area contributed by atoms with Gasteiger partial charge in [0.05, 0.1) is 11.8 Å². The van der Waals surface area contributed by atoms with Crippen molar-refractivity contribution in [1.29, 1.82) is 0 Å². The van der Waals surface area contributed by atoms with Crippen LogP contribution in [0, 0.1) is 0 Å². The summed E-state index contributed by atoms with van der Waals surface area (Å²) in [6, 6.07) is 5.57. The number of aryl methyl sites for hydroxylation is 1. The zero-order chi connectivity index (χ0) is 17.8. The lowest BCUT2D eigenvalue weighted by atomic mass is 10.0. The standard InChI is InChI=1S/C17H22N6O2/c1-18-17(25)14-4-3-5-15(21-14)23-8-6-13(7-9-23)20-16(24)12-10-19-22(2)11-12/h3-5,10-11,13H,6-9H2,1-2H3,(H,18,25)(H,20,24). The summed E-state index contributed by atoms with van der Waals surface area (Å²) in [4.78, 5) is 30.5. The Bertz CT molecular complexity index is 764. The molecule has 25 heavy (non-hydrogen) atoms. The summed E-state index contributed by atoms with van der Waals surface area (Å²) in [5.74, 6) is 0.505. The molecule has 1 saturated heterocycles. The van der Waals surface area contributed by atoms with Gasteiger partial charge in [0.15, 0.2) is 0 Å². The molecule has 2 N–H and O–H groups in total. The van der Waals surface area contributed by atoms with Gasteiger partial charge in [-0.2, -0.15) is 5.10 Å². The van der Waals surface area contributed by atoms with Gasteiger partial charge in [0.2, 0.25) is 0 Å². The normalized spacial score (nSPS) is 15.0. The van der Waals surface area contributed by atoms with Gasteiger partial charge in [0.25, 0.3) is 11.8 Å². The second-order valence-corrected chi connectivity index (χ2v) is 6.10. The molecule has 1 aliphatic rings. The molecule has 3 heterocycles. The van der Waals surface area contributed by atoms with E-state index in [1.54, 1.807) is 37.2 Å². The summed E-state index contributed by atoms with van der Waals surface area (Å²) < 4.78 is 1.61. The Labute approximate surface area is 146 Å². The van der Waals surface area contributed by atoms with Crippen molar-refractivity contribution in [3.63, 3.8) is 0 Å². The molecule has 132 valence electrons. The number of carbonyl (C=O) groups is 2. The average molecular weight is 342 g/mol. The summed E-state index contributed by atoms with van der Waals surface area (Å²) in [7, 11) is 3.38. The maximum Gasteiger partial charge on any atom is 0.269 e. The first-order chi connectivity index (χ1) is 12.1. The van der Waals surface area contributed by atoms with Gasteiger partial charge in [-0.15, -0.1) is 0 Å². The molecular weight excluding hydrogens is 320 g/mol. The molecule has 0 saturated carbocycles. The number of hydrogen-bond acceptors (Lipinski definition) is 5. The minimum Gasteiger partial charge on any atom is -0.356 e. The van der Waals surface area contributed by atoms with Gasteiger partial charge in [0, 0.05) is 39.4 Å². The molecule has 0 aliphatic carbocycles. The molecule has 8 heteroatoms. The fourth-order valence-corrected chi connectivity index (χ4v) is 2.91. The highest BCUT2D eigenvalue weighted by atomic mass is 16.2. The van der Waals surface area contributed by atoms with E-state index in [2.05, 4.69) is 25.6 Å². The zero-order valence-corrected chi connectivity index (χ0v) is 14.4. The summed E-state index contributed by atoms with van der Waals surface area (Å²) in [6.45, 7) is 1.56. The number of piperidine rings is 1. The van der Waals surface area contributed by atoms with Gasteiger partial charge in [-0.25, -0.2) is 4.98 Å². The van der Waals surface area contributed by atoms with E-state index in [1.165, 1.54) is 0 Å². The van der Waals surface area contributed by atoms with Crippen molar-refractivity contribution in [3.8, 4) is 0 Å². The van der Waals surface area contributed by atoms with E-state index in [1.807, 2.05) is 12.1 Å². The number of amides is 2. The topological polar surface area (TPSA) is 92.2 Å². The Morgan fingerprint density at radius 1 is 1.20 bits per heavy atom. The van der Waals surface area contributed by atoms with Gasteiger partial charge in [-0.05, 0) is 25.0 Å². The lowest BCUT2D eigenvalue weighted by Gasteiger charge is -2.33. The highest BCUT2D eigenvalue weighted by Gasteiger charge is 2.22. The van der Waals surface area contributed by atoms with Gasteiger partial charge < -0.3 is 15.5 Å². The number of nitrogens with zero attached hydrogens (tertiary/aromatic N) is 4. The van der Waals surface area contributed by atoms with Crippen LogP contribution in [0.5, 0.6) is 0 Å².